The second-order valence-corrected chi connectivity index (χ2v) is 5.83. The highest BCUT2D eigenvalue weighted by atomic mass is 16.2. The van der Waals surface area contributed by atoms with Gasteiger partial charge in [-0.2, -0.15) is 0 Å². The number of nitrogens with one attached hydrogen (secondary N) is 1. The van der Waals surface area contributed by atoms with Crippen molar-refractivity contribution in [3.63, 3.8) is 0 Å². The van der Waals surface area contributed by atoms with Crippen LogP contribution in [0.15, 0.2) is 54.6 Å². The molecule has 1 N–H and O–H groups in total. The molecule has 0 spiro atoms. The van der Waals surface area contributed by atoms with Crippen molar-refractivity contribution in [1.82, 2.24) is 5.32 Å². The van der Waals surface area contributed by atoms with Gasteiger partial charge in [-0.3, -0.25) is 4.79 Å². The van der Waals surface area contributed by atoms with E-state index in [1.165, 1.54) is 16.7 Å². The zero-order valence-corrected chi connectivity index (χ0v) is 11.3. The quantitative estimate of drug-likeness (QED) is 0.841. The average molecular weight is 263 g/mol. The lowest BCUT2D eigenvalue weighted by Crippen LogP contribution is -2.30. The van der Waals surface area contributed by atoms with Gasteiger partial charge in [0.05, 0.1) is 6.04 Å². The number of hydrogen-bond donors (Lipinski definition) is 1. The van der Waals surface area contributed by atoms with Crippen LogP contribution in [0.25, 0.3) is 0 Å². The summed E-state index contributed by atoms with van der Waals surface area (Å²) in [6.45, 7) is 0. The largest absolute Gasteiger partial charge is 0.349 e. The lowest BCUT2D eigenvalue weighted by atomic mass is 9.70. The summed E-state index contributed by atoms with van der Waals surface area (Å²) in [5, 5.41) is 3.17. The Kier molecular flexibility index (Phi) is 2.62. The highest BCUT2D eigenvalue weighted by molar-refractivity contribution is 5.80. The Morgan fingerprint density at radius 3 is 2.50 bits per heavy atom. The fraction of sp³-hybridized carbons (Fsp3) is 0.278. The van der Waals surface area contributed by atoms with E-state index in [4.69, 9.17) is 0 Å². The molecule has 1 amide bonds. The van der Waals surface area contributed by atoms with Crippen LogP contribution >= 0.6 is 0 Å². The van der Waals surface area contributed by atoms with Crippen LogP contribution in [0.5, 0.6) is 0 Å². The van der Waals surface area contributed by atoms with E-state index >= 15 is 0 Å². The summed E-state index contributed by atoms with van der Waals surface area (Å²) in [5.41, 5.74) is 4.05. The number of fused-ring (bicyclic) bond motifs is 3. The number of benzene rings is 2. The van der Waals surface area contributed by atoms with E-state index in [1.54, 1.807) is 0 Å². The van der Waals surface area contributed by atoms with Gasteiger partial charge in [-0.05, 0) is 34.9 Å². The molecule has 1 aliphatic heterocycles. The molecule has 2 aromatic carbocycles. The van der Waals surface area contributed by atoms with E-state index in [-0.39, 0.29) is 11.9 Å². The van der Waals surface area contributed by atoms with Crippen LogP contribution in [0.2, 0.25) is 0 Å². The smallest absolute Gasteiger partial charge is 0.220 e. The van der Waals surface area contributed by atoms with E-state index in [0.717, 1.165) is 6.42 Å². The molecule has 2 aliphatic rings. The summed E-state index contributed by atoms with van der Waals surface area (Å²) < 4.78 is 0. The van der Waals surface area contributed by atoms with Crippen molar-refractivity contribution in [1.29, 1.82) is 0 Å². The number of amides is 1. The van der Waals surface area contributed by atoms with E-state index in [9.17, 15) is 4.79 Å². The second-order valence-electron chi connectivity index (χ2n) is 5.83. The molecule has 0 aromatic heterocycles. The Balaban J connectivity index is 1.81. The number of hydrogen-bond acceptors (Lipinski definition) is 1. The summed E-state index contributed by atoms with van der Waals surface area (Å²) in [6, 6.07) is 19.3. The van der Waals surface area contributed by atoms with Crippen LogP contribution in [-0.4, -0.2) is 5.91 Å². The Morgan fingerprint density at radius 1 is 0.900 bits per heavy atom. The van der Waals surface area contributed by atoms with Gasteiger partial charge in [-0.25, -0.2) is 0 Å². The minimum absolute atomic E-state index is 0.192. The van der Waals surface area contributed by atoms with E-state index in [1.807, 2.05) is 0 Å². The Bertz CT molecular complexity index is 649. The molecule has 0 bridgehead atoms. The van der Waals surface area contributed by atoms with Gasteiger partial charge in [-0.15, -0.1) is 0 Å². The minimum Gasteiger partial charge on any atom is -0.349 e. The minimum atomic E-state index is 0.192. The van der Waals surface area contributed by atoms with Crippen molar-refractivity contribution >= 4 is 5.91 Å². The zero-order valence-electron chi connectivity index (χ0n) is 11.3. The maximum absolute atomic E-state index is 11.9. The van der Waals surface area contributed by atoms with Crippen LogP contribution in [0.1, 0.15) is 35.1 Å². The molecule has 1 saturated heterocycles. The summed E-state index contributed by atoms with van der Waals surface area (Å²) in [4.78, 5) is 11.9. The molecule has 0 saturated carbocycles. The van der Waals surface area contributed by atoms with Gasteiger partial charge >= 0.3 is 0 Å². The molecule has 2 aromatic rings. The number of carbonyl (C=O) groups excluding carboxylic acids is 1. The lowest BCUT2D eigenvalue weighted by molar-refractivity contribution is -0.119. The van der Waals surface area contributed by atoms with Gasteiger partial charge < -0.3 is 5.32 Å². The van der Waals surface area contributed by atoms with E-state index < -0.39 is 0 Å². The molecular formula is C18H17NO. The van der Waals surface area contributed by atoms with Crippen molar-refractivity contribution in [3.05, 3.63) is 71.3 Å². The molecule has 3 unspecified atom stereocenters. The van der Waals surface area contributed by atoms with Crippen LogP contribution in [-0.2, 0) is 11.2 Å². The second kappa shape index (κ2) is 4.48. The molecule has 20 heavy (non-hydrogen) atoms. The fourth-order valence-corrected chi connectivity index (χ4v) is 3.83. The third-order valence-electron chi connectivity index (χ3n) is 4.74. The normalized spacial score (nSPS) is 27.6. The molecule has 0 radical (unpaired) electrons. The maximum atomic E-state index is 11.9. The first kappa shape index (κ1) is 11.7. The van der Waals surface area contributed by atoms with Crippen LogP contribution < -0.4 is 5.32 Å². The first-order valence-electron chi connectivity index (χ1n) is 7.25. The van der Waals surface area contributed by atoms with Crippen LogP contribution in [0.3, 0.4) is 0 Å². The highest BCUT2D eigenvalue weighted by Gasteiger charge is 2.43. The molecule has 1 aliphatic carbocycles. The van der Waals surface area contributed by atoms with Gasteiger partial charge in [0, 0.05) is 6.42 Å². The third kappa shape index (κ3) is 1.75. The molecule has 3 atom stereocenters. The van der Waals surface area contributed by atoms with Crippen molar-refractivity contribution in [2.75, 3.05) is 0 Å². The Morgan fingerprint density at radius 2 is 1.65 bits per heavy atom. The van der Waals surface area contributed by atoms with Gasteiger partial charge in [0.2, 0.25) is 5.91 Å². The van der Waals surface area contributed by atoms with Gasteiger partial charge in [0.25, 0.3) is 0 Å². The predicted octanol–water partition coefficient (Wildman–Crippen LogP) is 3.20. The topological polar surface area (TPSA) is 29.1 Å². The summed E-state index contributed by atoms with van der Waals surface area (Å²) in [7, 11) is 0. The molecule has 4 rings (SSSR count). The van der Waals surface area contributed by atoms with E-state index in [0.29, 0.717) is 18.3 Å². The first-order valence-corrected chi connectivity index (χ1v) is 7.25. The van der Waals surface area contributed by atoms with Gasteiger partial charge in [0.15, 0.2) is 0 Å². The van der Waals surface area contributed by atoms with Crippen LogP contribution in [0.4, 0.5) is 0 Å². The molecule has 1 heterocycles. The van der Waals surface area contributed by atoms with E-state index in [2.05, 4.69) is 59.9 Å². The highest BCUT2D eigenvalue weighted by Crippen LogP contribution is 2.47. The van der Waals surface area contributed by atoms with Gasteiger partial charge in [-0.1, -0.05) is 54.6 Å². The summed E-state index contributed by atoms with van der Waals surface area (Å²) in [5.74, 6) is 1.02. The van der Waals surface area contributed by atoms with Crippen molar-refractivity contribution in [3.8, 4) is 0 Å². The van der Waals surface area contributed by atoms with Crippen molar-refractivity contribution < 1.29 is 4.79 Å². The molecular weight excluding hydrogens is 246 g/mol. The first-order chi connectivity index (χ1) is 9.83. The molecule has 2 heteroatoms. The predicted molar refractivity (Wildman–Crippen MR) is 78.3 cm³/mol. The monoisotopic (exact) mass is 263 g/mol. The molecule has 2 nitrogen and oxygen atoms in total. The van der Waals surface area contributed by atoms with Gasteiger partial charge in [0.1, 0.15) is 0 Å². The van der Waals surface area contributed by atoms with Crippen molar-refractivity contribution in [2.24, 2.45) is 5.92 Å². The molecule has 100 valence electrons. The average Bonchev–Trinajstić information content (AvgIpc) is 2.89. The lowest BCUT2D eigenvalue weighted by Gasteiger charge is -2.35. The summed E-state index contributed by atoms with van der Waals surface area (Å²) in [6.07, 6.45) is 1.69. The van der Waals surface area contributed by atoms with Crippen molar-refractivity contribution in [2.45, 2.75) is 24.8 Å². The Hall–Kier alpha value is -2.09. The van der Waals surface area contributed by atoms with Crippen LogP contribution in [0, 0.1) is 5.92 Å². The fourth-order valence-electron chi connectivity index (χ4n) is 3.83. The number of carbonyl (C=O) groups is 1. The SMILES string of the molecule is O=C1CC2C(c3ccccc3)Cc3ccccc3C2N1. The molecule has 1 fully saturated rings. The standard InChI is InChI=1S/C18H17NO/c20-17-11-16-15(12-6-2-1-3-7-12)10-13-8-4-5-9-14(13)18(16)19-17/h1-9,15-16,18H,10-11H2,(H,19,20). The number of rotatable bonds is 1. The maximum Gasteiger partial charge on any atom is 0.220 e. The Labute approximate surface area is 118 Å². The third-order valence-corrected chi connectivity index (χ3v) is 4.74. The summed E-state index contributed by atoms with van der Waals surface area (Å²) >= 11 is 0. The zero-order chi connectivity index (χ0) is 13.5.